The molecule has 1 amide bonds. The van der Waals surface area contributed by atoms with Gasteiger partial charge in [-0.3, -0.25) is 9.59 Å². The predicted molar refractivity (Wildman–Crippen MR) is 116 cm³/mol. The fourth-order valence-electron chi connectivity index (χ4n) is 2.81. The first-order valence-corrected chi connectivity index (χ1v) is 11.4. The van der Waals surface area contributed by atoms with Crippen molar-refractivity contribution in [1.82, 2.24) is 10.0 Å². The number of Topliss-reactive ketones (excluding diaryl/α,β-unsaturated/α-hetero) is 1. The molecular weight excluding hydrogens is 404 g/mol. The summed E-state index contributed by atoms with van der Waals surface area (Å²) in [6.07, 6.45) is 0.429. The lowest BCUT2D eigenvalue weighted by molar-refractivity contribution is -0.123. The van der Waals surface area contributed by atoms with Crippen LogP contribution in [0, 0.1) is 0 Å². The van der Waals surface area contributed by atoms with Crippen molar-refractivity contribution in [2.75, 3.05) is 6.61 Å². The Bertz CT molecular complexity index is 969. The summed E-state index contributed by atoms with van der Waals surface area (Å²) in [5.74, 6) is 0.0469. The van der Waals surface area contributed by atoms with Crippen molar-refractivity contribution in [3.05, 3.63) is 65.2 Å². The number of benzene rings is 2. The van der Waals surface area contributed by atoms with Gasteiger partial charge >= 0.3 is 0 Å². The Morgan fingerprint density at radius 2 is 1.63 bits per heavy atom. The fraction of sp³-hybridized carbons (Fsp3) is 0.364. The first-order chi connectivity index (χ1) is 14.2. The van der Waals surface area contributed by atoms with Gasteiger partial charge in [-0.25, -0.2) is 13.1 Å². The molecule has 0 aliphatic heterocycles. The number of sulfonamides is 1. The minimum Gasteiger partial charge on any atom is -0.484 e. The summed E-state index contributed by atoms with van der Waals surface area (Å²) >= 11 is 0. The first-order valence-electron chi connectivity index (χ1n) is 9.79. The van der Waals surface area contributed by atoms with Crippen molar-refractivity contribution in [2.24, 2.45) is 0 Å². The highest BCUT2D eigenvalue weighted by molar-refractivity contribution is 7.88. The third-order valence-corrected chi connectivity index (χ3v) is 5.74. The third kappa shape index (κ3) is 7.61. The zero-order valence-electron chi connectivity index (χ0n) is 17.5. The lowest BCUT2D eigenvalue weighted by Crippen LogP contribution is -2.32. The highest BCUT2D eigenvalue weighted by Gasteiger charge is 2.15. The van der Waals surface area contributed by atoms with Gasteiger partial charge in [-0.05, 0) is 49.2 Å². The van der Waals surface area contributed by atoms with E-state index < -0.39 is 10.0 Å². The van der Waals surface area contributed by atoms with E-state index >= 15 is 0 Å². The molecule has 0 aliphatic carbocycles. The van der Waals surface area contributed by atoms with Crippen molar-refractivity contribution in [3.8, 4) is 5.75 Å². The molecule has 2 N–H and O–H groups in total. The van der Waals surface area contributed by atoms with Crippen LogP contribution in [0.15, 0.2) is 48.5 Å². The summed E-state index contributed by atoms with van der Waals surface area (Å²) in [7, 11) is -3.46. The normalized spacial score (nSPS) is 11.3. The minimum atomic E-state index is -3.46. The molecule has 0 bridgehead atoms. The van der Waals surface area contributed by atoms with Crippen LogP contribution < -0.4 is 14.8 Å². The average molecular weight is 433 g/mol. The Hall–Kier alpha value is -2.71. The van der Waals surface area contributed by atoms with E-state index in [1.54, 1.807) is 69.3 Å². The lowest BCUT2D eigenvalue weighted by atomic mass is 10.1. The minimum absolute atomic E-state index is 0.0450. The molecule has 0 aliphatic rings. The number of hydrogen-bond acceptors (Lipinski definition) is 5. The molecule has 7 nitrogen and oxygen atoms in total. The summed E-state index contributed by atoms with van der Waals surface area (Å²) in [5, 5.41) is 2.74. The Morgan fingerprint density at radius 1 is 1.00 bits per heavy atom. The quantitative estimate of drug-likeness (QED) is 0.532. The summed E-state index contributed by atoms with van der Waals surface area (Å²) in [5.41, 5.74) is 1.96. The number of ether oxygens (including phenoxy) is 1. The monoisotopic (exact) mass is 432 g/mol. The summed E-state index contributed by atoms with van der Waals surface area (Å²) in [6, 6.07) is 13.5. The maximum absolute atomic E-state index is 12.2. The van der Waals surface area contributed by atoms with Gasteiger partial charge in [0.1, 0.15) is 5.75 Å². The molecule has 0 saturated heterocycles. The maximum Gasteiger partial charge on any atom is 0.258 e. The van der Waals surface area contributed by atoms with E-state index in [9.17, 15) is 18.0 Å². The Balaban J connectivity index is 1.90. The number of rotatable bonds is 11. The number of nitrogens with one attached hydrogen (secondary N) is 2. The molecule has 0 aromatic heterocycles. The van der Waals surface area contributed by atoms with Gasteiger partial charge < -0.3 is 10.1 Å². The summed E-state index contributed by atoms with van der Waals surface area (Å²) in [4.78, 5) is 23.8. The molecule has 0 radical (unpaired) electrons. The van der Waals surface area contributed by atoms with E-state index in [0.29, 0.717) is 23.3 Å². The van der Waals surface area contributed by atoms with Crippen LogP contribution in [0.4, 0.5) is 0 Å². The lowest BCUT2D eigenvalue weighted by Gasteiger charge is -2.13. The van der Waals surface area contributed by atoms with Gasteiger partial charge in [0.15, 0.2) is 12.4 Å². The van der Waals surface area contributed by atoms with Gasteiger partial charge in [0.2, 0.25) is 10.0 Å². The third-order valence-electron chi connectivity index (χ3n) is 4.22. The average Bonchev–Trinajstić information content (AvgIpc) is 2.70. The van der Waals surface area contributed by atoms with Gasteiger partial charge in [-0.15, -0.1) is 0 Å². The van der Waals surface area contributed by atoms with Gasteiger partial charge in [-0.1, -0.05) is 31.2 Å². The van der Waals surface area contributed by atoms with Crippen LogP contribution in [0.2, 0.25) is 0 Å². The Kier molecular flexibility index (Phi) is 8.56. The molecule has 0 atom stereocenters. The van der Waals surface area contributed by atoms with Gasteiger partial charge in [-0.2, -0.15) is 0 Å². The Labute approximate surface area is 177 Å². The van der Waals surface area contributed by atoms with Crippen molar-refractivity contribution in [1.29, 1.82) is 0 Å². The smallest absolute Gasteiger partial charge is 0.258 e. The maximum atomic E-state index is 12.2. The molecule has 0 fully saturated rings. The van der Waals surface area contributed by atoms with E-state index in [4.69, 9.17) is 4.74 Å². The van der Waals surface area contributed by atoms with Crippen molar-refractivity contribution >= 4 is 21.7 Å². The van der Waals surface area contributed by atoms with Gasteiger partial charge in [0.05, 0.1) is 5.75 Å². The van der Waals surface area contributed by atoms with Crippen molar-refractivity contribution < 1.29 is 22.7 Å². The van der Waals surface area contributed by atoms with Crippen molar-refractivity contribution in [2.45, 2.75) is 45.5 Å². The molecule has 2 rings (SSSR count). The molecule has 0 spiro atoms. The second-order valence-electron chi connectivity index (χ2n) is 7.17. The summed E-state index contributed by atoms with van der Waals surface area (Å²) in [6.45, 7) is 5.33. The van der Waals surface area contributed by atoms with E-state index in [1.165, 1.54) is 0 Å². The number of ketones is 1. The molecule has 30 heavy (non-hydrogen) atoms. The number of carbonyl (C=O) groups is 2. The van der Waals surface area contributed by atoms with E-state index in [2.05, 4.69) is 10.0 Å². The topological polar surface area (TPSA) is 102 Å². The van der Waals surface area contributed by atoms with Crippen LogP contribution in [0.3, 0.4) is 0 Å². The largest absolute Gasteiger partial charge is 0.484 e. The molecule has 0 saturated carbocycles. The van der Waals surface area contributed by atoms with Crippen LogP contribution in [-0.2, 0) is 27.1 Å². The second-order valence-corrected chi connectivity index (χ2v) is 8.92. The molecule has 0 heterocycles. The van der Waals surface area contributed by atoms with Crippen molar-refractivity contribution in [3.63, 3.8) is 0 Å². The molecule has 8 heteroatoms. The first kappa shape index (κ1) is 23.6. The molecule has 2 aromatic carbocycles. The van der Waals surface area contributed by atoms with E-state index in [0.717, 1.165) is 5.56 Å². The standard InChI is InChI=1S/C22H28N2O5S/c1-4-21(25)17-9-11-20(12-10-17)29-14-22(26)23-13-18-7-5-6-8-19(18)15-30(27,28)24-16(2)3/h5-12,16,24H,4,13-15H2,1-3H3,(H,23,26). The zero-order valence-corrected chi connectivity index (χ0v) is 18.3. The molecule has 0 unspecified atom stereocenters. The van der Waals surface area contributed by atoms with Crippen LogP contribution in [-0.4, -0.2) is 32.8 Å². The molecular formula is C22H28N2O5S. The predicted octanol–water partition coefficient (Wildman–Crippen LogP) is 2.80. The highest BCUT2D eigenvalue weighted by atomic mass is 32.2. The number of hydrogen-bond donors (Lipinski definition) is 2. The summed E-state index contributed by atoms with van der Waals surface area (Å²) < 4.78 is 32.4. The van der Waals surface area contributed by atoms with E-state index in [1.807, 2.05) is 0 Å². The fourth-order valence-corrected chi connectivity index (χ4v) is 4.30. The van der Waals surface area contributed by atoms with Gasteiger partial charge in [0, 0.05) is 24.6 Å². The van der Waals surface area contributed by atoms with Crippen LogP contribution in [0.1, 0.15) is 48.7 Å². The molecule has 162 valence electrons. The second kappa shape index (κ2) is 10.9. The van der Waals surface area contributed by atoms with Crippen LogP contribution in [0.5, 0.6) is 5.75 Å². The number of amides is 1. The number of carbonyl (C=O) groups excluding carboxylic acids is 2. The molecule has 2 aromatic rings. The van der Waals surface area contributed by atoms with Crippen LogP contribution >= 0.6 is 0 Å². The SMILES string of the molecule is CCC(=O)c1ccc(OCC(=O)NCc2ccccc2CS(=O)(=O)NC(C)C)cc1. The highest BCUT2D eigenvalue weighted by Crippen LogP contribution is 2.14. The zero-order chi connectivity index (χ0) is 22.1. The van der Waals surface area contributed by atoms with Crippen LogP contribution in [0.25, 0.3) is 0 Å². The Morgan fingerprint density at radius 3 is 2.23 bits per heavy atom. The van der Waals surface area contributed by atoms with E-state index in [-0.39, 0.29) is 36.6 Å². The van der Waals surface area contributed by atoms with Gasteiger partial charge in [0.25, 0.3) is 5.91 Å².